The Morgan fingerprint density at radius 1 is 1.04 bits per heavy atom. The van der Waals surface area contributed by atoms with Crippen molar-refractivity contribution in [2.24, 2.45) is 0 Å². The topological polar surface area (TPSA) is 57.7 Å². The maximum absolute atomic E-state index is 13.0. The predicted octanol–water partition coefficient (Wildman–Crippen LogP) is 3.13. The minimum atomic E-state index is -0.376. The van der Waals surface area contributed by atoms with Gasteiger partial charge in [0.25, 0.3) is 11.8 Å². The lowest BCUT2D eigenvalue weighted by molar-refractivity contribution is -0.132. The van der Waals surface area contributed by atoms with Crippen LogP contribution in [0.2, 0.25) is 0 Å². The molecule has 5 nitrogen and oxygen atoms in total. The second-order valence-electron chi connectivity index (χ2n) is 7.76. The molecular formula is C23H24N2O3. The van der Waals surface area contributed by atoms with Crippen LogP contribution in [0.1, 0.15) is 50.2 Å². The molecule has 0 aromatic heterocycles. The Morgan fingerprint density at radius 2 is 1.71 bits per heavy atom. The summed E-state index contributed by atoms with van der Waals surface area (Å²) >= 11 is 0. The molecular weight excluding hydrogens is 352 g/mol. The van der Waals surface area contributed by atoms with E-state index in [0.717, 1.165) is 24.2 Å². The van der Waals surface area contributed by atoms with Crippen LogP contribution >= 0.6 is 0 Å². The molecule has 0 radical (unpaired) electrons. The van der Waals surface area contributed by atoms with E-state index in [4.69, 9.17) is 0 Å². The molecule has 2 aliphatic heterocycles. The molecule has 0 spiro atoms. The first-order valence-corrected chi connectivity index (χ1v) is 9.76. The third-order valence-corrected chi connectivity index (χ3v) is 5.83. The summed E-state index contributed by atoms with van der Waals surface area (Å²) in [5, 5.41) is 0. The zero-order valence-electron chi connectivity index (χ0n) is 16.3. The van der Waals surface area contributed by atoms with Gasteiger partial charge < -0.3 is 4.90 Å². The summed E-state index contributed by atoms with van der Waals surface area (Å²) in [5.74, 6) is -0.902. The number of likely N-dealkylation sites (tertiary alicyclic amines) is 1. The van der Waals surface area contributed by atoms with Gasteiger partial charge in [-0.3, -0.25) is 19.3 Å². The second kappa shape index (κ2) is 7.23. The summed E-state index contributed by atoms with van der Waals surface area (Å²) in [7, 11) is 0. The highest BCUT2D eigenvalue weighted by atomic mass is 16.2. The second-order valence-corrected chi connectivity index (χ2v) is 7.76. The summed E-state index contributed by atoms with van der Waals surface area (Å²) in [5.41, 5.74) is 4.46. The summed E-state index contributed by atoms with van der Waals surface area (Å²) in [6, 6.07) is 13.2. The van der Waals surface area contributed by atoms with Gasteiger partial charge in [0.05, 0.1) is 11.1 Å². The van der Waals surface area contributed by atoms with Crippen molar-refractivity contribution in [1.29, 1.82) is 0 Å². The molecule has 28 heavy (non-hydrogen) atoms. The van der Waals surface area contributed by atoms with E-state index in [1.807, 2.05) is 4.90 Å². The molecule has 1 unspecified atom stereocenters. The number of carbonyl (C=O) groups excluding carboxylic acids is 3. The number of nitrogens with zero attached hydrogens (tertiary/aromatic N) is 2. The van der Waals surface area contributed by atoms with Gasteiger partial charge in [-0.05, 0) is 56.4 Å². The van der Waals surface area contributed by atoms with Gasteiger partial charge in [0, 0.05) is 12.6 Å². The molecule has 0 N–H and O–H groups in total. The zero-order valence-corrected chi connectivity index (χ0v) is 16.3. The number of imide groups is 1. The molecule has 2 aliphatic rings. The van der Waals surface area contributed by atoms with E-state index in [1.165, 1.54) is 16.7 Å². The smallest absolute Gasteiger partial charge is 0.262 e. The van der Waals surface area contributed by atoms with Crippen LogP contribution in [0.15, 0.2) is 42.5 Å². The van der Waals surface area contributed by atoms with Gasteiger partial charge in [-0.1, -0.05) is 35.9 Å². The van der Waals surface area contributed by atoms with Crippen LogP contribution in [0.4, 0.5) is 0 Å². The first kappa shape index (κ1) is 18.4. The van der Waals surface area contributed by atoms with E-state index in [0.29, 0.717) is 17.7 Å². The Balaban J connectivity index is 1.48. The van der Waals surface area contributed by atoms with E-state index in [1.54, 1.807) is 24.3 Å². The largest absolute Gasteiger partial charge is 0.338 e. The van der Waals surface area contributed by atoms with Gasteiger partial charge >= 0.3 is 0 Å². The van der Waals surface area contributed by atoms with E-state index in [2.05, 4.69) is 32.0 Å². The van der Waals surface area contributed by atoms with E-state index >= 15 is 0 Å². The minimum absolute atomic E-state index is 0.114. The van der Waals surface area contributed by atoms with Gasteiger partial charge in [0.2, 0.25) is 5.91 Å². The minimum Gasteiger partial charge on any atom is -0.338 e. The number of hydrogen-bond acceptors (Lipinski definition) is 3. The van der Waals surface area contributed by atoms with Crippen molar-refractivity contribution in [2.75, 3.05) is 13.1 Å². The molecule has 3 amide bonds. The van der Waals surface area contributed by atoms with Crippen LogP contribution in [-0.2, 0) is 11.2 Å². The Hall–Kier alpha value is -2.95. The van der Waals surface area contributed by atoms with E-state index in [-0.39, 0.29) is 30.3 Å². The van der Waals surface area contributed by atoms with Gasteiger partial charge in [-0.15, -0.1) is 0 Å². The Kier molecular flexibility index (Phi) is 4.75. The van der Waals surface area contributed by atoms with Crippen LogP contribution in [0, 0.1) is 13.8 Å². The Bertz CT molecular complexity index is 931. The molecule has 144 valence electrons. The van der Waals surface area contributed by atoms with Crippen molar-refractivity contribution in [3.8, 4) is 0 Å². The van der Waals surface area contributed by atoms with Crippen LogP contribution in [-0.4, -0.2) is 46.7 Å². The quantitative estimate of drug-likeness (QED) is 0.771. The highest BCUT2D eigenvalue weighted by Gasteiger charge is 2.38. The molecule has 1 fully saturated rings. The lowest BCUT2D eigenvalue weighted by Crippen LogP contribution is -2.45. The third-order valence-electron chi connectivity index (χ3n) is 5.83. The standard InChI is InChI=1S/C23H24N2O3/c1-15-9-10-16(2)17(12-15)13-18-6-5-11-24(18)21(26)14-25-22(27)19-7-3-4-8-20(19)23(25)28/h3-4,7-10,12,18H,5-6,11,13-14H2,1-2H3. The van der Waals surface area contributed by atoms with Crippen molar-refractivity contribution in [1.82, 2.24) is 9.80 Å². The fourth-order valence-corrected chi connectivity index (χ4v) is 4.26. The van der Waals surface area contributed by atoms with Crippen LogP contribution in [0.25, 0.3) is 0 Å². The fourth-order valence-electron chi connectivity index (χ4n) is 4.26. The molecule has 1 atom stereocenters. The van der Waals surface area contributed by atoms with Crippen molar-refractivity contribution < 1.29 is 14.4 Å². The summed E-state index contributed by atoms with van der Waals surface area (Å²) in [4.78, 5) is 41.0. The lowest BCUT2D eigenvalue weighted by atomic mass is 9.98. The molecule has 0 bridgehead atoms. The first-order chi connectivity index (χ1) is 13.5. The van der Waals surface area contributed by atoms with Crippen molar-refractivity contribution in [3.63, 3.8) is 0 Å². The SMILES string of the molecule is Cc1ccc(C)c(CC2CCCN2C(=O)CN2C(=O)c3ccccc3C2=O)c1. The summed E-state index contributed by atoms with van der Waals surface area (Å²) < 4.78 is 0. The summed E-state index contributed by atoms with van der Waals surface area (Å²) in [6.45, 7) is 4.66. The third kappa shape index (κ3) is 3.21. The molecule has 0 aliphatic carbocycles. The molecule has 2 aromatic carbocycles. The number of carbonyl (C=O) groups is 3. The highest BCUT2D eigenvalue weighted by Crippen LogP contribution is 2.26. The van der Waals surface area contributed by atoms with Crippen LogP contribution in [0.3, 0.4) is 0 Å². The average molecular weight is 376 g/mol. The number of aryl methyl sites for hydroxylation is 2. The van der Waals surface area contributed by atoms with E-state index < -0.39 is 0 Å². The summed E-state index contributed by atoms with van der Waals surface area (Å²) in [6.07, 6.45) is 2.70. The van der Waals surface area contributed by atoms with Gasteiger partial charge in [0.15, 0.2) is 0 Å². The van der Waals surface area contributed by atoms with Gasteiger partial charge in [0.1, 0.15) is 6.54 Å². The monoisotopic (exact) mass is 376 g/mol. The normalized spacial score (nSPS) is 18.7. The molecule has 1 saturated heterocycles. The van der Waals surface area contributed by atoms with Crippen LogP contribution in [0.5, 0.6) is 0 Å². The molecule has 5 heteroatoms. The van der Waals surface area contributed by atoms with Gasteiger partial charge in [-0.25, -0.2) is 0 Å². The van der Waals surface area contributed by atoms with Crippen molar-refractivity contribution >= 4 is 17.7 Å². The molecule has 4 rings (SSSR count). The lowest BCUT2D eigenvalue weighted by Gasteiger charge is -2.27. The molecule has 0 saturated carbocycles. The maximum Gasteiger partial charge on any atom is 0.262 e. The molecule has 2 heterocycles. The number of benzene rings is 2. The Morgan fingerprint density at radius 3 is 2.39 bits per heavy atom. The number of hydrogen-bond donors (Lipinski definition) is 0. The van der Waals surface area contributed by atoms with E-state index in [9.17, 15) is 14.4 Å². The predicted molar refractivity (Wildman–Crippen MR) is 106 cm³/mol. The average Bonchev–Trinajstić information content (AvgIpc) is 3.24. The number of amides is 3. The van der Waals surface area contributed by atoms with Crippen LogP contribution < -0.4 is 0 Å². The molecule has 2 aromatic rings. The zero-order chi connectivity index (χ0) is 19.8. The Labute approximate surface area is 164 Å². The van der Waals surface area contributed by atoms with Crippen molar-refractivity contribution in [2.45, 2.75) is 39.2 Å². The number of rotatable bonds is 4. The highest BCUT2D eigenvalue weighted by molar-refractivity contribution is 6.22. The first-order valence-electron chi connectivity index (χ1n) is 9.76. The number of fused-ring (bicyclic) bond motifs is 1. The van der Waals surface area contributed by atoms with Gasteiger partial charge in [-0.2, -0.15) is 0 Å². The maximum atomic E-state index is 13.0. The fraction of sp³-hybridized carbons (Fsp3) is 0.348. The van der Waals surface area contributed by atoms with Crippen molar-refractivity contribution in [3.05, 3.63) is 70.3 Å².